The average Bonchev–Trinajstić information content (AvgIpc) is 2.43. The van der Waals surface area contributed by atoms with Crippen molar-refractivity contribution in [1.82, 2.24) is 5.32 Å². The van der Waals surface area contributed by atoms with Gasteiger partial charge < -0.3 is 10.6 Å². The molecule has 2 rings (SSSR count). The fourth-order valence-corrected chi connectivity index (χ4v) is 2.64. The molecule has 0 bridgehead atoms. The van der Waals surface area contributed by atoms with Gasteiger partial charge >= 0.3 is 0 Å². The molecule has 3 nitrogen and oxygen atoms in total. The molecule has 5 heteroatoms. The fraction of sp³-hybridized carbons (Fsp3) is 0.533. The summed E-state index contributed by atoms with van der Waals surface area (Å²) in [4.78, 5) is 12.1. The minimum absolute atomic E-state index is 0.0914. The zero-order valence-corrected chi connectivity index (χ0v) is 12.3. The van der Waals surface area contributed by atoms with Crippen LogP contribution in [0.25, 0.3) is 0 Å². The van der Waals surface area contributed by atoms with Crippen LogP contribution in [-0.2, 0) is 4.79 Å². The van der Waals surface area contributed by atoms with E-state index in [1.165, 1.54) is 25.3 Å². The number of halogens is 2. The summed E-state index contributed by atoms with van der Waals surface area (Å²) in [5, 5.41) is 6.24. The molecule has 1 aliphatic rings. The number of carbonyl (C=O) groups is 1. The van der Waals surface area contributed by atoms with E-state index in [0.29, 0.717) is 10.7 Å². The quantitative estimate of drug-likeness (QED) is 0.889. The Labute approximate surface area is 123 Å². The van der Waals surface area contributed by atoms with Crippen LogP contribution in [0, 0.1) is 5.82 Å². The predicted octanol–water partition coefficient (Wildman–Crippen LogP) is 3.73. The lowest BCUT2D eigenvalue weighted by Gasteiger charge is -2.25. The molecule has 1 aromatic rings. The van der Waals surface area contributed by atoms with Gasteiger partial charge in [-0.1, -0.05) is 30.9 Å². The van der Waals surface area contributed by atoms with Crippen molar-refractivity contribution in [2.24, 2.45) is 0 Å². The van der Waals surface area contributed by atoms with E-state index in [9.17, 15) is 9.18 Å². The highest BCUT2D eigenvalue weighted by Crippen LogP contribution is 2.20. The van der Waals surface area contributed by atoms with Gasteiger partial charge in [-0.3, -0.25) is 4.79 Å². The summed E-state index contributed by atoms with van der Waals surface area (Å²) in [5.74, 6) is -0.541. The highest BCUT2D eigenvalue weighted by Gasteiger charge is 2.20. The molecule has 1 saturated carbocycles. The number of carbonyl (C=O) groups excluding carboxylic acids is 1. The van der Waals surface area contributed by atoms with Crippen LogP contribution >= 0.6 is 11.6 Å². The van der Waals surface area contributed by atoms with Crippen molar-refractivity contribution in [3.05, 3.63) is 29.0 Å². The van der Waals surface area contributed by atoms with Gasteiger partial charge in [0.05, 0.1) is 5.69 Å². The van der Waals surface area contributed by atoms with Gasteiger partial charge in [-0.15, -0.1) is 0 Å². The summed E-state index contributed by atoms with van der Waals surface area (Å²) in [5.41, 5.74) is 0.292. The van der Waals surface area contributed by atoms with E-state index in [0.717, 1.165) is 12.8 Å². The number of hydrogen-bond acceptors (Lipinski definition) is 2. The van der Waals surface area contributed by atoms with Gasteiger partial charge in [0, 0.05) is 11.1 Å². The molecule has 1 fully saturated rings. The van der Waals surface area contributed by atoms with E-state index in [4.69, 9.17) is 11.6 Å². The minimum atomic E-state index is -0.479. The van der Waals surface area contributed by atoms with E-state index in [1.54, 1.807) is 19.1 Å². The van der Waals surface area contributed by atoms with Gasteiger partial charge in [0.25, 0.3) is 0 Å². The second kappa shape index (κ2) is 6.93. The number of hydrogen-bond donors (Lipinski definition) is 2. The number of nitrogens with one attached hydrogen (secondary N) is 2. The summed E-state index contributed by atoms with van der Waals surface area (Å²) in [6.45, 7) is 1.73. The maximum Gasteiger partial charge on any atom is 0.242 e. The number of amides is 1. The molecule has 0 aliphatic heterocycles. The largest absolute Gasteiger partial charge is 0.372 e. The molecule has 1 unspecified atom stereocenters. The zero-order valence-electron chi connectivity index (χ0n) is 11.6. The van der Waals surface area contributed by atoms with E-state index in [1.807, 2.05) is 0 Å². The maximum absolute atomic E-state index is 13.7. The normalized spacial score (nSPS) is 17.6. The van der Waals surface area contributed by atoms with Crippen molar-refractivity contribution in [2.45, 2.75) is 51.1 Å². The molecular formula is C15H20ClFN2O. The molecule has 2 N–H and O–H groups in total. The zero-order chi connectivity index (χ0) is 14.5. The van der Waals surface area contributed by atoms with Crippen molar-refractivity contribution in [2.75, 3.05) is 5.32 Å². The summed E-state index contributed by atoms with van der Waals surface area (Å²) in [6.07, 6.45) is 5.65. The molecule has 0 heterocycles. The first kappa shape index (κ1) is 15.1. The van der Waals surface area contributed by atoms with Crippen LogP contribution in [0.2, 0.25) is 5.02 Å². The lowest BCUT2D eigenvalue weighted by molar-refractivity contribution is -0.122. The molecule has 0 spiro atoms. The Morgan fingerprint density at radius 2 is 2.05 bits per heavy atom. The monoisotopic (exact) mass is 298 g/mol. The van der Waals surface area contributed by atoms with Crippen molar-refractivity contribution >= 4 is 23.2 Å². The average molecular weight is 299 g/mol. The Bertz CT molecular complexity index is 475. The minimum Gasteiger partial charge on any atom is -0.372 e. The molecular weight excluding hydrogens is 279 g/mol. The molecule has 1 aromatic carbocycles. The van der Waals surface area contributed by atoms with E-state index >= 15 is 0 Å². The lowest BCUT2D eigenvalue weighted by atomic mass is 9.95. The van der Waals surface area contributed by atoms with E-state index in [-0.39, 0.29) is 11.9 Å². The summed E-state index contributed by atoms with van der Waals surface area (Å²) >= 11 is 5.70. The Balaban J connectivity index is 1.89. The third-order valence-corrected chi connectivity index (χ3v) is 3.88. The van der Waals surface area contributed by atoms with Gasteiger partial charge in [0.15, 0.2) is 0 Å². The van der Waals surface area contributed by atoms with Crippen LogP contribution in [0.5, 0.6) is 0 Å². The SMILES string of the molecule is CC(Nc1ccc(Cl)cc1F)C(=O)NC1CCCCC1. The third-order valence-electron chi connectivity index (χ3n) is 3.65. The molecule has 110 valence electrons. The van der Waals surface area contributed by atoms with Crippen molar-refractivity contribution in [3.8, 4) is 0 Å². The van der Waals surface area contributed by atoms with Crippen LogP contribution in [0.1, 0.15) is 39.0 Å². The lowest BCUT2D eigenvalue weighted by Crippen LogP contribution is -2.44. The van der Waals surface area contributed by atoms with Gasteiger partial charge in [0.2, 0.25) is 5.91 Å². The Morgan fingerprint density at radius 3 is 2.70 bits per heavy atom. The second-order valence-electron chi connectivity index (χ2n) is 5.33. The van der Waals surface area contributed by atoms with Gasteiger partial charge in [0.1, 0.15) is 11.9 Å². The van der Waals surface area contributed by atoms with Crippen molar-refractivity contribution in [3.63, 3.8) is 0 Å². The third kappa shape index (κ3) is 4.10. The standard InChI is InChI=1S/C15H20ClFN2O/c1-10(15(20)19-12-5-3-2-4-6-12)18-14-8-7-11(16)9-13(14)17/h7-10,12,18H,2-6H2,1H3,(H,19,20). The molecule has 1 aliphatic carbocycles. The number of benzene rings is 1. The Hall–Kier alpha value is -1.29. The Kier molecular flexibility index (Phi) is 5.24. The van der Waals surface area contributed by atoms with Crippen LogP contribution in [-0.4, -0.2) is 18.0 Å². The second-order valence-corrected chi connectivity index (χ2v) is 5.77. The molecule has 0 radical (unpaired) electrons. The molecule has 0 saturated heterocycles. The molecule has 20 heavy (non-hydrogen) atoms. The highest BCUT2D eigenvalue weighted by molar-refractivity contribution is 6.30. The number of anilines is 1. The predicted molar refractivity (Wildman–Crippen MR) is 79.5 cm³/mol. The first-order chi connectivity index (χ1) is 9.56. The van der Waals surface area contributed by atoms with E-state index < -0.39 is 11.9 Å². The molecule has 1 atom stereocenters. The smallest absolute Gasteiger partial charge is 0.242 e. The highest BCUT2D eigenvalue weighted by atomic mass is 35.5. The van der Waals surface area contributed by atoms with Gasteiger partial charge in [-0.05, 0) is 38.0 Å². The first-order valence-corrected chi connectivity index (χ1v) is 7.46. The van der Waals surface area contributed by atoms with Crippen LogP contribution in [0.3, 0.4) is 0 Å². The van der Waals surface area contributed by atoms with Crippen molar-refractivity contribution < 1.29 is 9.18 Å². The number of rotatable bonds is 4. The molecule has 1 amide bonds. The van der Waals surface area contributed by atoms with Gasteiger partial charge in [-0.2, -0.15) is 0 Å². The fourth-order valence-electron chi connectivity index (χ4n) is 2.48. The van der Waals surface area contributed by atoms with Gasteiger partial charge in [-0.25, -0.2) is 4.39 Å². The topological polar surface area (TPSA) is 41.1 Å². The summed E-state index contributed by atoms with van der Waals surface area (Å²) < 4.78 is 13.7. The van der Waals surface area contributed by atoms with Crippen LogP contribution in [0.4, 0.5) is 10.1 Å². The molecule has 0 aromatic heterocycles. The van der Waals surface area contributed by atoms with Crippen molar-refractivity contribution in [1.29, 1.82) is 0 Å². The summed E-state index contributed by atoms with van der Waals surface area (Å²) in [6, 6.07) is 4.15. The van der Waals surface area contributed by atoms with E-state index in [2.05, 4.69) is 10.6 Å². The van der Waals surface area contributed by atoms with Crippen LogP contribution in [0.15, 0.2) is 18.2 Å². The Morgan fingerprint density at radius 1 is 1.35 bits per heavy atom. The van der Waals surface area contributed by atoms with Crippen LogP contribution < -0.4 is 10.6 Å². The maximum atomic E-state index is 13.7. The first-order valence-electron chi connectivity index (χ1n) is 7.08. The summed E-state index contributed by atoms with van der Waals surface area (Å²) in [7, 11) is 0.